The van der Waals surface area contributed by atoms with Crippen LogP contribution >= 0.6 is 43.6 Å². The van der Waals surface area contributed by atoms with Gasteiger partial charge in [0, 0.05) is 7.05 Å². The summed E-state index contributed by atoms with van der Waals surface area (Å²) in [5.74, 6) is 1.82. The average molecular weight is 550 g/mol. The first kappa shape index (κ1) is 22.2. The number of amidine groups is 1. The highest BCUT2D eigenvalue weighted by Gasteiger charge is 2.30. The molecule has 0 radical (unpaired) electrons. The molecule has 1 N–H and O–H groups in total. The van der Waals surface area contributed by atoms with Crippen molar-refractivity contribution in [2.75, 3.05) is 13.7 Å². The number of hydrogen-bond acceptors (Lipinski definition) is 5. The lowest BCUT2D eigenvalue weighted by Gasteiger charge is -2.09. The van der Waals surface area contributed by atoms with Gasteiger partial charge in [0.05, 0.1) is 25.1 Å². The number of hydrogen-bond donors (Lipinski definition) is 1. The van der Waals surface area contributed by atoms with Crippen LogP contribution < -0.4 is 4.74 Å². The molecule has 9 heteroatoms. The molecule has 1 aliphatic rings. The van der Waals surface area contributed by atoms with E-state index in [0.29, 0.717) is 30.5 Å². The Balaban J connectivity index is 1.86. The molecule has 1 amide bonds. The zero-order chi connectivity index (χ0) is 21.8. The fraction of sp³-hybridized carbons (Fsp3) is 0.0952. The zero-order valence-corrected chi connectivity index (χ0v) is 19.5. The molecule has 0 aromatic heterocycles. The number of halogens is 2. The largest absolute Gasteiger partial charge is 0.479 e. The number of amides is 1. The fourth-order valence-corrected chi connectivity index (χ4v) is 4.94. The lowest BCUT2D eigenvalue weighted by molar-refractivity contribution is -0.121. The molecule has 2 aromatic rings. The minimum absolute atomic E-state index is 0.143. The molecule has 0 aliphatic carbocycles. The number of ether oxygens (including phenoxy) is 1. The van der Waals surface area contributed by atoms with E-state index in [-0.39, 0.29) is 18.1 Å². The number of carbonyl (C=O) groups excluding carboxylic acids is 1. The van der Waals surface area contributed by atoms with Gasteiger partial charge in [0.15, 0.2) is 5.17 Å². The monoisotopic (exact) mass is 548 g/mol. The van der Waals surface area contributed by atoms with Crippen LogP contribution in [-0.2, 0) is 4.79 Å². The quantitative estimate of drug-likeness (QED) is 0.412. The van der Waals surface area contributed by atoms with Crippen LogP contribution in [0.2, 0.25) is 0 Å². The highest BCUT2D eigenvalue weighted by molar-refractivity contribution is 9.11. The molecule has 1 saturated heterocycles. The molecule has 0 saturated carbocycles. The van der Waals surface area contributed by atoms with Crippen LogP contribution in [0.25, 0.3) is 6.08 Å². The second-order valence-electron chi connectivity index (χ2n) is 6.03. The van der Waals surface area contributed by atoms with Crippen LogP contribution in [0, 0.1) is 12.3 Å². The Morgan fingerprint density at radius 2 is 1.93 bits per heavy atom. The van der Waals surface area contributed by atoms with Crippen LogP contribution in [0.5, 0.6) is 5.75 Å². The summed E-state index contributed by atoms with van der Waals surface area (Å²) in [6.07, 6.45) is 7.00. The van der Waals surface area contributed by atoms with Crippen molar-refractivity contribution in [3.8, 4) is 18.1 Å². The first-order valence-corrected chi connectivity index (χ1v) is 10.9. The molecule has 2 aromatic carbocycles. The highest BCUT2D eigenvalue weighted by atomic mass is 79.9. The van der Waals surface area contributed by atoms with Crippen LogP contribution in [-0.4, -0.2) is 40.7 Å². The van der Waals surface area contributed by atoms with E-state index in [1.807, 2.05) is 12.1 Å². The Kier molecular flexibility index (Phi) is 7.02. The number of benzene rings is 2. The summed E-state index contributed by atoms with van der Waals surface area (Å²) < 4.78 is 6.91. The summed E-state index contributed by atoms with van der Waals surface area (Å²) in [6.45, 7) is 0.143. The molecular weight excluding hydrogens is 536 g/mol. The molecule has 1 fully saturated rings. The van der Waals surface area contributed by atoms with Crippen LogP contribution in [0.1, 0.15) is 15.9 Å². The van der Waals surface area contributed by atoms with Gasteiger partial charge in [0.25, 0.3) is 5.91 Å². The van der Waals surface area contributed by atoms with Gasteiger partial charge in [-0.3, -0.25) is 9.69 Å². The second-order valence-corrected chi connectivity index (χ2v) is 8.75. The molecule has 6 nitrogen and oxygen atoms in total. The molecule has 0 bridgehead atoms. The molecular formula is C21H14Br2N2O4S. The minimum atomic E-state index is -1.00. The average Bonchev–Trinajstić information content (AvgIpc) is 2.95. The van der Waals surface area contributed by atoms with E-state index < -0.39 is 5.97 Å². The molecule has 152 valence electrons. The maximum atomic E-state index is 12.6. The molecule has 1 aliphatic heterocycles. The third-order valence-corrected chi connectivity index (χ3v) is 6.20. The standard InChI is InChI=1S/C21H14Br2N2O4S/c1-3-8-29-18-15(22)9-12(10-16(18)23)11-17-19(26)25(2)21(30-17)24-14-6-4-13(5-7-14)20(27)28/h1,4-7,9-11H,8H2,2H3,(H,27,28)/b17-11-,24-21?. The minimum Gasteiger partial charge on any atom is -0.479 e. The third kappa shape index (κ3) is 4.95. The topological polar surface area (TPSA) is 79.2 Å². The fourth-order valence-electron chi connectivity index (χ4n) is 2.51. The first-order valence-electron chi connectivity index (χ1n) is 8.45. The van der Waals surface area contributed by atoms with Crippen molar-refractivity contribution in [3.63, 3.8) is 0 Å². The highest BCUT2D eigenvalue weighted by Crippen LogP contribution is 2.38. The van der Waals surface area contributed by atoms with E-state index >= 15 is 0 Å². The van der Waals surface area contributed by atoms with Crippen molar-refractivity contribution >= 4 is 72.4 Å². The predicted molar refractivity (Wildman–Crippen MR) is 125 cm³/mol. The number of carboxylic acid groups (broad SMARTS) is 1. The molecule has 0 unspecified atom stereocenters. The summed E-state index contributed by atoms with van der Waals surface area (Å²) in [5, 5.41) is 9.49. The smallest absolute Gasteiger partial charge is 0.335 e. The van der Waals surface area contributed by atoms with Gasteiger partial charge in [-0.1, -0.05) is 5.92 Å². The number of rotatable bonds is 5. The lowest BCUT2D eigenvalue weighted by Crippen LogP contribution is -2.23. The van der Waals surface area contributed by atoms with Crippen molar-refractivity contribution < 1.29 is 19.4 Å². The number of nitrogens with zero attached hydrogens (tertiary/aromatic N) is 2. The SMILES string of the molecule is C#CCOc1c(Br)cc(/C=C2\SC(=Nc3ccc(C(=O)O)cc3)N(C)C2=O)cc1Br. The van der Waals surface area contributed by atoms with E-state index in [0.717, 1.165) is 5.56 Å². The Bertz CT molecular complexity index is 1100. The number of terminal acetylenes is 1. The number of carbonyl (C=O) groups is 2. The molecule has 0 atom stereocenters. The van der Waals surface area contributed by atoms with Crippen LogP contribution in [0.4, 0.5) is 5.69 Å². The Hall–Kier alpha value is -2.54. The Morgan fingerprint density at radius 3 is 2.50 bits per heavy atom. The van der Waals surface area contributed by atoms with E-state index in [2.05, 4.69) is 42.8 Å². The zero-order valence-electron chi connectivity index (χ0n) is 15.6. The van der Waals surface area contributed by atoms with Gasteiger partial charge in [0.1, 0.15) is 12.4 Å². The van der Waals surface area contributed by atoms with Crippen molar-refractivity contribution in [1.29, 1.82) is 0 Å². The van der Waals surface area contributed by atoms with Crippen molar-refractivity contribution in [2.24, 2.45) is 4.99 Å². The number of thioether (sulfide) groups is 1. The van der Waals surface area contributed by atoms with Gasteiger partial charge in [-0.05, 0) is 91.7 Å². The molecule has 3 rings (SSSR count). The van der Waals surface area contributed by atoms with Gasteiger partial charge in [-0.2, -0.15) is 0 Å². The summed E-state index contributed by atoms with van der Waals surface area (Å²) in [5.41, 5.74) is 1.52. The normalized spacial score (nSPS) is 16.2. The summed E-state index contributed by atoms with van der Waals surface area (Å²) in [7, 11) is 1.64. The third-order valence-electron chi connectivity index (χ3n) is 3.96. The van der Waals surface area contributed by atoms with Gasteiger partial charge in [-0.15, -0.1) is 6.42 Å². The maximum absolute atomic E-state index is 12.6. The number of carboxylic acids is 1. The Morgan fingerprint density at radius 1 is 1.30 bits per heavy atom. The molecule has 0 spiro atoms. The van der Waals surface area contributed by atoms with Gasteiger partial charge in [0.2, 0.25) is 0 Å². The second kappa shape index (κ2) is 9.51. The van der Waals surface area contributed by atoms with Crippen molar-refractivity contribution in [3.05, 3.63) is 61.4 Å². The number of aromatic carboxylic acids is 1. The van der Waals surface area contributed by atoms with Crippen molar-refractivity contribution in [2.45, 2.75) is 0 Å². The summed E-state index contributed by atoms with van der Waals surface area (Å²) in [6, 6.07) is 9.80. The first-order chi connectivity index (χ1) is 14.3. The predicted octanol–water partition coefficient (Wildman–Crippen LogP) is 5.16. The van der Waals surface area contributed by atoms with Gasteiger partial charge >= 0.3 is 5.97 Å². The maximum Gasteiger partial charge on any atom is 0.335 e. The van der Waals surface area contributed by atoms with E-state index in [1.54, 1.807) is 25.3 Å². The summed E-state index contributed by atoms with van der Waals surface area (Å²) in [4.78, 5) is 30.0. The van der Waals surface area contributed by atoms with Gasteiger partial charge in [-0.25, -0.2) is 9.79 Å². The number of aliphatic imine (C=N–C) groups is 1. The molecule has 1 heterocycles. The number of likely N-dealkylation sites (N-methyl/N-ethyl adjacent to an activating group) is 1. The van der Waals surface area contributed by atoms with E-state index in [1.165, 1.54) is 28.8 Å². The van der Waals surface area contributed by atoms with E-state index in [9.17, 15) is 9.59 Å². The lowest BCUT2D eigenvalue weighted by atomic mass is 10.2. The van der Waals surface area contributed by atoms with Gasteiger partial charge < -0.3 is 9.84 Å². The van der Waals surface area contributed by atoms with Crippen molar-refractivity contribution in [1.82, 2.24) is 4.90 Å². The van der Waals surface area contributed by atoms with Crippen LogP contribution in [0.3, 0.4) is 0 Å². The summed E-state index contributed by atoms with van der Waals surface area (Å²) >= 11 is 8.15. The van der Waals surface area contributed by atoms with Crippen LogP contribution in [0.15, 0.2) is 55.2 Å². The Labute approximate surface area is 194 Å². The molecule has 30 heavy (non-hydrogen) atoms. The van der Waals surface area contributed by atoms with E-state index in [4.69, 9.17) is 16.3 Å².